The van der Waals surface area contributed by atoms with Gasteiger partial charge in [-0.25, -0.2) is 9.97 Å². The van der Waals surface area contributed by atoms with Gasteiger partial charge in [0.2, 0.25) is 5.95 Å². The van der Waals surface area contributed by atoms with E-state index in [4.69, 9.17) is 5.73 Å². The normalized spacial score (nSPS) is 11.1. The van der Waals surface area contributed by atoms with E-state index in [-0.39, 0.29) is 0 Å². The van der Waals surface area contributed by atoms with Crippen LogP contribution in [0.2, 0.25) is 0 Å². The highest BCUT2D eigenvalue weighted by Crippen LogP contribution is 2.16. The number of fused-ring (bicyclic) bond motifs is 1. The zero-order chi connectivity index (χ0) is 12.1. The molecule has 0 unspecified atom stereocenters. The van der Waals surface area contributed by atoms with Crippen molar-refractivity contribution in [2.45, 2.75) is 25.8 Å². The molecule has 2 aromatic heterocycles. The fourth-order valence-corrected chi connectivity index (χ4v) is 2.38. The summed E-state index contributed by atoms with van der Waals surface area (Å²) in [5.41, 5.74) is 7.68. The van der Waals surface area contributed by atoms with E-state index in [9.17, 15) is 0 Å². The molecule has 92 valence electrons. The summed E-state index contributed by atoms with van der Waals surface area (Å²) in [6.07, 6.45) is 7.56. The molecule has 0 aliphatic heterocycles. The standard InChI is InChI=1S/C12H18N4S/c1-17-9-4-2-3-8-16-11-10(15-12(16)13)6-5-7-14-11/h5-7H,2-4,8-9H2,1H3,(H2,13,15). The molecule has 17 heavy (non-hydrogen) atoms. The van der Waals surface area contributed by atoms with Crippen LogP contribution < -0.4 is 5.73 Å². The van der Waals surface area contributed by atoms with Crippen LogP contribution in [0.25, 0.3) is 11.2 Å². The number of nitrogen functional groups attached to an aromatic ring is 1. The van der Waals surface area contributed by atoms with E-state index in [0.717, 1.165) is 24.1 Å². The summed E-state index contributed by atoms with van der Waals surface area (Å²) < 4.78 is 2.01. The maximum absolute atomic E-state index is 5.90. The number of unbranched alkanes of at least 4 members (excludes halogenated alkanes) is 2. The largest absolute Gasteiger partial charge is 0.369 e. The number of hydrogen-bond acceptors (Lipinski definition) is 4. The van der Waals surface area contributed by atoms with Gasteiger partial charge in [-0.1, -0.05) is 6.42 Å². The van der Waals surface area contributed by atoms with Gasteiger partial charge in [-0.2, -0.15) is 11.8 Å². The third-order valence-corrected chi connectivity index (χ3v) is 3.46. The summed E-state index contributed by atoms with van der Waals surface area (Å²) in [5.74, 6) is 1.81. The number of thioether (sulfide) groups is 1. The Balaban J connectivity index is 2.00. The van der Waals surface area contributed by atoms with Crippen LogP contribution in [-0.4, -0.2) is 26.5 Å². The smallest absolute Gasteiger partial charge is 0.202 e. The number of hydrogen-bond donors (Lipinski definition) is 1. The zero-order valence-corrected chi connectivity index (χ0v) is 10.9. The Morgan fingerprint density at radius 2 is 2.24 bits per heavy atom. The number of anilines is 1. The average molecular weight is 250 g/mol. The number of pyridine rings is 1. The van der Waals surface area contributed by atoms with Gasteiger partial charge in [0.15, 0.2) is 5.65 Å². The Bertz CT molecular complexity index is 480. The van der Waals surface area contributed by atoms with Gasteiger partial charge in [-0.3, -0.25) is 4.57 Å². The van der Waals surface area contributed by atoms with E-state index >= 15 is 0 Å². The quantitative estimate of drug-likeness (QED) is 0.800. The van der Waals surface area contributed by atoms with Crippen LogP contribution in [0.1, 0.15) is 19.3 Å². The van der Waals surface area contributed by atoms with Crippen molar-refractivity contribution in [2.75, 3.05) is 17.7 Å². The first kappa shape index (κ1) is 12.2. The third kappa shape index (κ3) is 2.91. The van der Waals surface area contributed by atoms with Crippen LogP contribution >= 0.6 is 11.8 Å². The Kier molecular flexibility index (Phi) is 4.25. The molecule has 0 amide bonds. The molecule has 0 saturated heterocycles. The molecule has 4 nitrogen and oxygen atoms in total. The highest BCUT2D eigenvalue weighted by molar-refractivity contribution is 7.98. The molecule has 0 bridgehead atoms. The Labute approximate surface area is 106 Å². The highest BCUT2D eigenvalue weighted by Gasteiger charge is 2.07. The molecule has 2 aromatic rings. The van der Waals surface area contributed by atoms with Gasteiger partial charge in [0, 0.05) is 12.7 Å². The number of imidazole rings is 1. The van der Waals surface area contributed by atoms with E-state index < -0.39 is 0 Å². The molecule has 0 radical (unpaired) electrons. The summed E-state index contributed by atoms with van der Waals surface area (Å²) in [7, 11) is 0. The molecule has 0 aliphatic carbocycles. The number of nitrogens with zero attached hydrogens (tertiary/aromatic N) is 3. The SMILES string of the molecule is CSCCCCCn1c(N)nc2cccnc21. The molecule has 0 aromatic carbocycles. The summed E-state index contributed by atoms with van der Waals surface area (Å²) in [5, 5.41) is 0. The van der Waals surface area contributed by atoms with Crippen LogP contribution in [-0.2, 0) is 6.54 Å². The van der Waals surface area contributed by atoms with Crippen molar-refractivity contribution in [3.05, 3.63) is 18.3 Å². The molecule has 0 spiro atoms. The molecule has 0 atom stereocenters. The van der Waals surface area contributed by atoms with E-state index in [0.29, 0.717) is 5.95 Å². The van der Waals surface area contributed by atoms with Crippen LogP contribution in [0.15, 0.2) is 18.3 Å². The first-order chi connectivity index (χ1) is 8.33. The van der Waals surface area contributed by atoms with Crippen LogP contribution in [0.3, 0.4) is 0 Å². The lowest BCUT2D eigenvalue weighted by Crippen LogP contribution is -2.04. The minimum atomic E-state index is 0.573. The minimum absolute atomic E-state index is 0.573. The topological polar surface area (TPSA) is 56.7 Å². The molecule has 5 heteroatoms. The van der Waals surface area contributed by atoms with Crippen molar-refractivity contribution in [1.82, 2.24) is 14.5 Å². The summed E-state index contributed by atoms with van der Waals surface area (Å²) >= 11 is 1.90. The first-order valence-electron chi connectivity index (χ1n) is 5.88. The van der Waals surface area contributed by atoms with Gasteiger partial charge >= 0.3 is 0 Å². The summed E-state index contributed by atoms with van der Waals surface area (Å²) in [6, 6.07) is 3.83. The summed E-state index contributed by atoms with van der Waals surface area (Å²) in [4.78, 5) is 8.64. The predicted octanol–water partition coefficient (Wildman–Crippen LogP) is 2.55. The monoisotopic (exact) mass is 250 g/mol. The van der Waals surface area contributed by atoms with Crippen molar-refractivity contribution in [3.63, 3.8) is 0 Å². The van der Waals surface area contributed by atoms with Crippen LogP contribution in [0.5, 0.6) is 0 Å². The number of aromatic nitrogens is 3. The van der Waals surface area contributed by atoms with E-state index in [1.807, 2.05) is 28.5 Å². The Morgan fingerprint density at radius 3 is 3.06 bits per heavy atom. The Morgan fingerprint density at radius 1 is 1.35 bits per heavy atom. The molecular weight excluding hydrogens is 232 g/mol. The molecular formula is C12H18N4S. The minimum Gasteiger partial charge on any atom is -0.369 e. The maximum atomic E-state index is 5.90. The van der Waals surface area contributed by atoms with Gasteiger partial charge in [0.1, 0.15) is 5.52 Å². The van der Waals surface area contributed by atoms with Gasteiger partial charge in [0.05, 0.1) is 0 Å². The fraction of sp³-hybridized carbons (Fsp3) is 0.500. The van der Waals surface area contributed by atoms with E-state index in [1.54, 1.807) is 6.20 Å². The van der Waals surface area contributed by atoms with Crippen LogP contribution in [0, 0.1) is 0 Å². The van der Waals surface area contributed by atoms with E-state index in [1.165, 1.54) is 18.6 Å². The zero-order valence-electron chi connectivity index (χ0n) is 10.1. The lowest BCUT2D eigenvalue weighted by molar-refractivity contribution is 0.618. The number of nitrogens with two attached hydrogens (primary N) is 1. The molecule has 0 fully saturated rings. The second-order valence-corrected chi connectivity index (χ2v) is 5.01. The highest BCUT2D eigenvalue weighted by atomic mass is 32.2. The van der Waals surface area contributed by atoms with Crippen molar-refractivity contribution in [3.8, 4) is 0 Å². The lowest BCUT2D eigenvalue weighted by Gasteiger charge is -2.05. The van der Waals surface area contributed by atoms with Gasteiger partial charge in [0.25, 0.3) is 0 Å². The first-order valence-corrected chi connectivity index (χ1v) is 7.28. The van der Waals surface area contributed by atoms with Crippen molar-refractivity contribution >= 4 is 28.9 Å². The second kappa shape index (κ2) is 5.91. The number of aryl methyl sites for hydroxylation is 1. The van der Waals surface area contributed by atoms with Crippen molar-refractivity contribution in [2.24, 2.45) is 0 Å². The van der Waals surface area contributed by atoms with Gasteiger partial charge < -0.3 is 5.73 Å². The fourth-order valence-electron chi connectivity index (χ4n) is 1.89. The Hall–Kier alpha value is -1.23. The van der Waals surface area contributed by atoms with Crippen molar-refractivity contribution < 1.29 is 0 Å². The van der Waals surface area contributed by atoms with Gasteiger partial charge in [-0.15, -0.1) is 0 Å². The third-order valence-electron chi connectivity index (χ3n) is 2.76. The predicted molar refractivity (Wildman–Crippen MR) is 74.2 cm³/mol. The van der Waals surface area contributed by atoms with Crippen LogP contribution in [0.4, 0.5) is 5.95 Å². The van der Waals surface area contributed by atoms with Gasteiger partial charge in [-0.05, 0) is 37.0 Å². The molecule has 2 heterocycles. The molecule has 2 N–H and O–H groups in total. The average Bonchev–Trinajstić information content (AvgIpc) is 2.65. The lowest BCUT2D eigenvalue weighted by atomic mass is 10.2. The molecule has 0 saturated carbocycles. The van der Waals surface area contributed by atoms with Crippen molar-refractivity contribution in [1.29, 1.82) is 0 Å². The van der Waals surface area contributed by atoms with E-state index in [2.05, 4.69) is 16.2 Å². The second-order valence-electron chi connectivity index (χ2n) is 4.02. The summed E-state index contributed by atoms with van der Waals surface area (Å²) in [6.45, 7) is 0.910. The molecule has 0 aliphatic rings. The maximum Gasteiger partial charge on any atom is 0.202 e. The molecule has 2 rings (SSSR count). The number of rotatable bonds is 6.